The van der Waals surface area contributed by atoms with E-state index in [1.165, 1.54) is 0 Å². The average molecular weight is 411 g/mol. The van der Waals surface area contributed by atoms with Crippen LogP contribution < -0.4 is 10.6 Å². The molecular formula is C20H30N2O5S. The van der Waals surface area contributed by atoms with Crippen molar-refractivity contribution < 1.29 is 24.2 Å². The summed E-state index contributed by atoms with van der Waals surface area (Å²) < 4.78 is 4.24. The van der Waals surface area contributed by atoms with Crippen molar-refractivity contribution in [3.8, 4) is 0 Å². The van der Waals surface area contributed by atoms with Crippen LogP contribution in [0.2, 0.25) is 0 Å². The van der Waals surface area contributed by atoms with E-state index in [-0.39, 0.29) is 6.42 Å². The van der Waals surface area contributed by atoms with E-state index >= 15 is 0 Å². The number of benzene rings is 1. The van der Waals surface area contributed by atoms with E-state index in [1.54, 1.807) is 34.6 Å². The number of carboxylic acids is 1. The Hall–Kier alpha value is -2.22. The fourth-order valence-corrected chi connectivity index (χ4v) is 2.63. The highest BCUT2D eigenvalue weighted by molar-refractivity contribution is 7.81. The second-order valence-electron chi connectivity index (χ2n) is 8.16. The summed E-state index contributed by atoms with van der Waals surface area (Å²) in [5.74, 6) is -1.80. The fourth-order valence-electron chi connectivity index (χ4n) is 2.46. The molecule has 7 nitrogen and oxygen atoms in total. The van der Waals surface area contributed by atoms with Gasteiger partial charge in [-0.3, -0.25) is 4.79 Å². The van der Waals surface area contributed by atoms with Gasteiger partial charge >= 0.3 is 12.1 Å². The largest absolute Gasteiger partial charge is 0.480 e. The summed E-state index contributed by atoms with van der Waals surface area (Å²) in [5, 5.41) is 14.4. The van der Waals surface area contributed by atoms with E-state index in [4.69, 9.17) is 4.74 Å². The lowest BCUT2D eigenvalue weighted by Gasteiger charge is -2.29. The van der Waals surface area contributed by atoms with Crippen molar-refractivity contribution in [2.45, 2.75) is 69.9 Å². The molecule has 0 bridgehead atoms. The van der Waals surface area contributed by atoms with Gasteiger partial charge in [-0.2, -0.15) is 12.6 Å². The number of carbonyl (C=O) groups is 3. The van der Waals surface area contributed by atoms with Crippen LogP contribution in [0.1, 0.15) is 46.6 Å². The predicted octanol–water partition coefficient (Wildman–Crippen LogP) is 2.79. The molecule has 0 saturated heterocycles. The van der Waals surface area contributed by atoms with Crippen molar-refractivity contribution in [3.05, 3.63) is 35.9 Å². The number of amides is 2. The predicted molar refractivity (Wildman–Crippen MR) is 111 cm³/mol. The number of hydrogen-bond acceptors (Lipinski definition) is 5. The number of carboxylic acid groups (broad SMARTS) is 1. The molecule has 0 heterocycles. The van der Waals surface area contributed by atoms with Crippen molar-refractivity contribution in [2.75, 3.05) is 0 Å². The van der Waals surface area contributed by atoms with E-state index in [9.17, 15) is 19.5 Å². The minimum Gasteiger partial charge on any atom is -0.480 e. The lowest BCUT2D eigenvalue weighted by atomic mass is 10.0. The minimum atomic E-state index is -1.22. The third-order valence-corrected chi connectivity index (χ3v) is 4.07. The first-order chi connectivity index (χ1) is 12.8. The van der Waals surface area contributed by atoms with Crippen molar-refractivity contribution in [2.24, 2.45) is 0 Å². The molecule has 1 unspecified atom stereocenters. The van der Waals surface area contributed by atoms with E-state index in [2.05, 4.69) is 23.3 Å². The normalized spacial score (nSPS) is 13.9. The molecule has 0 fully saturated rings. The van der Waals surface area contributed by atoms with Crippen LogP contribution in [-0.2, 0) is 20.7 Å². The maximum atomic E-state index is 12.7. The summed E-state index contributed by atoms with van der Waals surface area (Å²) in [6.07, 6.45) is 0.0725. The first kappa shape index (κ1) is 23.8. The van der Waals surface area contributed by atoms with Crippen LogP contribution in [0, 0.1) is 0 Å². The Morgan fingerprint density at radius 3 is 2.11 bits per heavy atom. The van der Waals surface area contributed by atoms with E-state index < -0.39 is 40.4 Å². The van der Waals surface area contributed by atoms with E-state index in [1.807, 2.05) is 30.3 Å². The Morgan fingerprint density at radius 1 is 1.07 bits per heavy atom. The maximum absolute atomic E-state index is 12.7. The topological polar surface area (TPSA) is 105 Å². The molecule has 1 aromatic carbocycles. The smallest absolute Gasteiger partial charge is 0.408 e. The number of carbonyl (C=O) groups excluding carboxylic acids is 2. The van der Waals surface area contributed by atoms with Gasteiger partial charge in [-0.1, -0.05) is 30.3 Å². The van der Waals surface area contributed by atoms with Crippen molar-refractivity contribution >= 4 is 30.6 Å². The minimum absolute atomic E-state index is 0.286. The molecule has 0 aromatic heterocycles. The molecule has 0 aliphatic carbocycles. The molecular weight excluding hydrogens is 380 g/mol. The van der Waals surface area contributed by atoms with Crippen molar-refractivity contribution in [1.82, 2.24) is 10.6 Å². The Balaban J connectivity index is 2.92. The number of aryl methyl sites for hydroxylation is 1. The lowest BCUT2D eigenvalue weighted by Crippen LogP contribution is -2.57. The standard InChI is InChI=1S/C20H30N2O5S/c1-19(2,3)27-18(26)21-14(12-11-13-9-7-6-8-10-13)16(23)22-15(17(24)25)20(4,5)28/h6-10,14-15,28H,11-12H2,1-5H3,(H,21,26)(H,22,23)(H,24,25)/t14?,15-/m0/s1. The van der Waals surface area contributed by atoms with Gasteiger partial charge in [-0.05, 0) is 53.0 Å². The van der Waals surface area contributed by atoms with Gasteiger partial charge < -0.3 is 20.5 Å². The fraction of sp³-hybridized carbons (Fsp3) is 0.550. The molecule has 2 atom stereocenters. The Labute approximate surface area is 171 Å². The SMILES string of the molecule is CC(C)(C)OC(=O)NC(CCc1ccccc1)C(=O)N[C@@H](C(=O)O)C(C)(C)S. The first-order valence-corrected chi connectivity index (χ1v) is 9.53. The molecule has 2 amide bonds. The molecule has 3 N–H and O–H groups in total. The van der Waals surface area contributed by atoms with Gasteiger partial charge in [0.2, 0.25) is 5.91 Å². The molecule has 0 aliphatic rings. The number of nitrogens with one attached hydrogen (secondary N) is 2. The summed E-state index contributed by atoms with van der Waals surface area (Å²) in [7, 11) is 0. The maximum Gasteiger partial charge on any atom is 0.408 e. The lowest BCUT2D eigenvalue weighted by molar-refractivity contribution is -0.142. The van der Waals surface area contributed by atoms with E-state index in [0.29, 0.717) is 6.42 Å². The van der Waals surface area contributed by atoms with Gasteiger partial charge in [0.05, 0.1) is 0 Å². The zero-order chi connectivity index (χ0) is 21.5. The monoisotopic (exact) mass is 410 g/mol. The third kappa shape index (κ3) is 8.65. The number of hydrogen-bond donors (Lipinski definition) is 4. The molecule has 0 saturated carbocycles. The zero-order valence-electron chi connectivity index (χ0n) is 17.0. The second kappa shape index (κ2) is 9.82. The number of alkyl carbamates (subject to hydrolysis) is 1. The van der Waals surface area contributed by atoms with Gasteiger partial charge in [-0.15, -0.1) is 0 Å². The molecule has 0 radical (unpaired) electrons. The molecule has 28 heavy (non-hydrogen) atoms. The summed E-state index contributed by atoms with van der Waals surface area (Å²) in [4.78, 5) is 36.4. The quantitative estimate of drug-likeness (QED) is 0.493. The van der Waals surface area contributed by atoms with Gasteiger partial charge in [0.1, 0.15) is 17.7 Å². The van der Waals surface area contributed by atoms with Crippen LogP contribution in [0.4, 0.5) is 4.79 Å². The number of rotatable bonds is 8. The molecule has 8 heteroatoms. The third-order valence-electron chi connectivity index (χ3n) is 3.81. The number of thiol groups is 1. The molecule has 1 aromatic rings. The molecule has 0 aliphatic heterocycles. The van der Waals surface area contributed by atoms with Crippen molar-refractivity contribution in [3.63, 3.8) is 0 Å². The summed E-state index contributed by atoms with van der Waals surface area (Å²) in [6, 6.07) is 7.32. The summed E-state index contributed by atoms with van der Waals surface area (Å²) >= 11 is 4.26. The highest BCUT2D eigenvalue weighted by atomic mass is 32.1. The second-order valence-corrected chi connectivity index (χ2v) is 9.31. The molecule has 1 rings (SSSR count). The van der Waals surface area contributed by atoms with Gasteiger partial charge in [0.15, 0.2) is 0 Å². The number of aliphatic carboxylic acids is 1. The van der Waals surface area contributed by atoms with Crippen LogP contribution in [0.5, 0.6) is 0 Å². The highest BCUT2D eigenvalue weighted by Gasteiger charge is 2.35. The zero-order valence-corrected chi connectivity index (χ0v) is 17.9. The Kier molecular flexibility index (Phi) is 8.35. The van der Waals surface area contributed by atoms with Crippen LogP contribution in [-0.4, -0.2) is 45.5 Å². The van der Waals surface area contributed by atoms with Gasteiger partial charge in [-0.25, -0.2) is 9.59 Å². The molecule has 156 valence electrons. The van der Waals surface area contributed by atoms with Gasteiger partial charge in [0.25, 0.3) is 0 Å². The molecule has 0 spiro atoms. The summed E-state index contributed by atoms with van der Waals surface area (Å²) in [5.41, 5.74) is 0.275. The van der Waals surface area contributed by atoms with Crippen LogP contribution in [0.25, 0.3) is 0 Å². The number of ether oxygens (including phenoxy) is 1. The summed E-state index contributed by atoms with van der Waals surface area (Å²) in [6.45, 7) is 8.34. The Bertz CT molecular complexity index is 680. The van der Waals surface area contributed by atoms with Crippen LogP contribution in [0.15, 0.2) is 30.3 Å². The average Bonchev–Trinajstić information content (AvgIpc) is 2.54. The Morgan fingerprint density at radius 2 is 1.64 bits per heavy atom. The van der Waals surface area contributed by atoms with E-state index in [0.717, 1.165) is 5.56 Å². The van der Waals surface area contributed by atoms with Gasteiger partial charge in [0, 0.05) is 4.75 Å². The first-order valence-electron chi connectivity index (χ1n) is 9.08. The van der Waals surface area contributed by atoms with Crippen LogP contribution >= 0.6 is 12.6 Å². The highest BCUT2D eigenvalue weighted by Crippen LogP contribution is 2.18. The van der Waals surface area contributed by atoms with Crippen LogP contribution in [0.3, 0.4) is 0 Å². The van der Waals surface area contributed by atoms with Crippen molar-refractivity contribution in [1.29, 1.82) is 0 Å².